The van der Waals surface area contributed by atoms with Gasteiger partial charge in [-0.05, 0) is 30.7 Å². The number of carbonyl (C=O) groups excluding carboxylic acids is 1. The largest absolute Gasteiger partial charge is 0.398 e. The van der Waals surface area contributed by atoms with E-state index in [1.807, 2.05) is 37.3 Å². The van der Waals surface area contributed by atoms with Crippen molar-refractivity contribution in [1.82, 2.24) is 4.90 Å². The molecule has 1 amide bonds. The quantitative estimate of drug-likeness (QED) is 0.874. The monoisotopic (exact) mass is 288 g/mol. The molecule has 0 heterocycles. The van der Waals surface area contributed by atoms with Gasteiger partial charge in [-0.25, -0.2) is 0 Å². The van der Waals surface area contributed by atoms with E-state index in [4.69, 9.17) is 17.3 Å². The number of halogens is 1. The topological polar surface area (TPSA) is 46.3 Å². The van der Waals surface area contributed by atoms with Crippen LogP contribution in [0.4, 0.5) is 5.69 Å². The maximum Gasteiger partial charge on any atom is 0.254 e. The summed E-state index contributed by atoms with van der Waals surface area (Å²) in [4.78, 5) is 14.1. The van der Waals surface area contributed by atoms with Crippen LogP contribution in [0.3, 0.4) is 0 Å². The van der Waals surface area contributed by atoms with Crippen molar-refractivity contribution < 1.29 is 4.79 Å². The van der Waals surface area contributed by atoms with E-state index < -0.39 is 0 Å². The van der Waals surface area contributed by atoms with Gasteiger partial charge in [0, 0.05) is 12.6 Å². The Morgan fingerprint density at radius 2 is 1.85 bits per heavy atom. The fourth-order valence-corrected chi connectivity index (χ4v) is 2.18. The summed E-state index contributed by atoms with van der Waals surface area (Å²) >= 11 is 5.96. The van der Waals surface area contributed by atoms with Crippen molar-refractivity contribution >= 4 is 23.2 Å². The summed E-state index contributed by atoms with van der Waals surface area (Å²) in [6.45, 7) is 1.99. The summed E-state index contributed by atoms with van der Waals surface area (Å²) in [5, 5.41) is 0.400. The highest BCUT2D eigenvalue weighted by Gasteiger charge is 2.19. The molecule has 0 saturated heterocycles. The maximum absolute atomic E-state index is 12.4. The molecule has 0 aliphatic rings. The van der Waals surface area contributed by atoms with Crippen molar-refractivity contribution in [3.63, 3.8) is 0 Å². The van der Waals surface area contributed by atoms with Crippen LogP contribution >= 0.6 is 11.6 Å². The fourth-order valence-electron chi connectivity index (χ4n) is 1.99. The number of benzene rings is 2. The summed E-state index contributed by atoms with van der Waals surface area (Å²) < 4.78 is 0. The smallest absolute Gasteiger partial charge is 0.254 e. The van der Waals surface area contributed by atoms with Crippen LogP contribution in [0.15, 0.2) is 48.5 Å². The normalized spacial score (nSPS) is 11.9. The van der Waals surface area contributed by atoms with Crippen LogP contribution in [0.2, 0.25) is 5.02 Å². The van der Waals surface area contributed by atoms with Gasteiger partial charge in [0.1, 0.15) is 0 Å². The molecule has 4 heteroatoms. The van der Waals surface area contributed by atoms with Crippen molar-refractivity contribution in [3.8, 4) is 0 Å². The number of nitrogens with zero attached hydrogens (tertiary/aromatic N) is 1. The maximum atomic E-state index is 12.4. The molecule has 0 fully saturated rings. The molecule has 2 rings (SSSR count). The molecule has 1 unspecified atom stereocenters. The van der Waals surface area contributed by atoms with Crippen LogP contribution in [0.1, 0.15) is 28.9 Å². The molecule has 104 valence electrons. The van der Waals surface area contributed by atoms with Gasteiger partial charge in [0.15, 0.2) is 0 Å². The van der Waals surface area contributed by atoms with E-state index in [-0.39, 0.29) is 11.9 Å². The highest BCUT2D eigenvalue weighted by molar-refractivity contribution is 6.33. The predicted molar refractivity (Wildman–Crippen MR) is 82.8 cm³/mol. The van der Waals surface area contributed by atoms with Gasteiger partial charge in [0.2, 0.25) is 0 Å². The van der Waals surface area contributed by atoms with Crippen LogP contribution in [-0.2, 0) is 0 Å². The SMILES string of the molecule is CC(c1ccccc1)N(C)C(=O)c1ccc(N)c(Cl)c1. The second-order valence-electron chi connectivity index (χ2n) is 4.74. The van der Waals surface area contributed by atoms with Crippen LogP contribution in [0, 0.1) is 0 Å². The lowest BCUT2D eigenvalue weighted by Crippen LogP contribution is -2.29. The van der Waals surface area contributed by atoms with Crippen LogP contribution < -0.4 is 5.73 Å². The Morgan fingerprint density at radius 1 is 1.20 bits per heavy atom. The Bertz CT molecular complexity index is 613. The summed E-state index contributed by atoms with van der Waals surface area (Å²) in [7, 11) is 1.78. The number of hydrogen-bond acceptors (Lipinski definition) is 2. The molecule has 3 nitrogen and oxygen atoms in total. The molecule has 2 aromatic rings. The zero-order valence-corrected chi connectivity index (χ0v) is 12.3. The van der Waals surface area contributed by atoms with Gasteiger partial charge in [-0.15, -0.1) is 0 Å². The third kappa shape index (κ3) is 2.94. The van der Waals surface area contributed by atoms with Crippen LogP contribution in [0.25, 0.3) is 0 Å². The molecule has 0 aliphatic heterocycles. The first kappa shape index (κ1) is 14.4. The van der Waals surface area contributed by atoms with E-state index in [0.717, 1.165) is 5.56 Å². The van der Waals surface area contributed by atoms with E-state index >= 15 is 0 Å². The van der Waals surface area contributed by atoms with E-state index in [1.165, 1.54) is 0 Å². The fraction of sp³-hybridized carbons (Fsp3) is 0.188. The molecule has 0 aromatic heterocycles. The first-order valence-electron chi connectivity index (χ1n) is 6.38. The zero-order chi connectivity index (χ0) is 14.7. The summed E-state index contributed by atoms with van der Waals surface area (Å²) in [6.07, 6.45) is 0. The van der Waals surface area contributed by atoms with Gasteiger partial charge in [-0.2, -0.15) is 0 Å². The first-order chi connectivity index (χ1) is 9.50. The molecule has 0 spiro atoms. The van der Waals surface area contributed by atoms with Gasteiger partial charge >= 0.3 is 0 Å². The Hall–Kier alpha value is -2.00. The number of anilines is 1. The van der Waals surface area contributed by atoms with Gasteiger partial charge in [-0.3, -0.25) is 4.79 Å². The molecule has 0 radical (unpaired) electrons. The molecular formula is C16H17ClN2O. The second kappa shape index (κ2) is 5.97. The second-order valence-corrected chi connectivity index (χ2v) is 5.15. The van der Waals surface area contributed by atoms with Gasteiger partial charge in [0.25, 0.3) is 5.91 Å². The minimum atomic E-state index is -0.0803. The van der Waals surface area contributed by atoms with Crippen molar-refractivity contribution in [2.24, 2.45) is 0 Å². The number of nitrogens with two attached hydrogens (primary N) is 1. The third-order valence-electron chi connectivity index (χ3n) is 3.43. The molecule has 2 N–H and O–H groups in total. The highest BCUT2D eigenvalue weighted by atomic mass is 35.5. The van der Waals surface area contributed by atoms with Gasteiger partial charge in [0.05, 0.1) is 16.8 Å². The van der Waals surface area contributed by atoms with Gasteiger partial charge in [-0.1, -0.05) is 41.9 Å². The molecule has 2 aromatic carbocycles. The molecule has 0 aliphatic carbocycles. The lowest BCUT2D eigenvalue weighted by atomic mass is 10.1. The minimum absolute atomic E-state index is 0.0139. The van der Waals surface area contributed by atoms with E-state index in [0.29, 0.717) is 16.3 Å². The average molecular weight is 289 g/mol. The third-order valence-corrected chi connectivity index (χ3v) is 3.76. The standard InChI is InChI=1S/C16H17ClN2O/c1-11(12-6-4-3-5-7-12)19(2)16(20)13-8-9-15(18)14(17)10-13/h3-11H,18H2,1-2H3. The zero-order valence-electron chi connectivity index (χ0n) is 11.5. The minimum Gasteiger partial charge on any atom is -0.398 e. The van der Waals surface area contributed by atoms with Gasteiger partial charge < -0.3 is 10.6 Å². The van der Waals surface area contributed by atoms with E-state index in [2.05, 4.69) is 0 Å². The van der Waals surface area contributed by atoms with Crippen LogP contribution in [0.5, 0.6) is 0 Å². The summed E-state index contributed by atoms with van der Waals surface area (Å²) in [6, 6.07) is 14.8. The van der Waals surface area contributed by atoms with E-state index in [1.54, 1.807) is 30.1 Å². The Labute approximate surface area is 124 Å². The first-order valence-corrected chi connectivity index (χ1v) is 6.75. The lowest BCUT2D eigenvalue weighted by molar-refractivity contribution is 0.0742. The van der Waals surface area contributed by atoms with Crippen LogP contribution in [-0.4, -0.2) is 17.9 Å². The Kier molecular flexibility index (Phi) is 4.30. The molecular weight excluding hydrogens is 272 g/mol. The summed E-state index contributed by atoms with van der Waals surface area (Å²) in [5.74, 6) is -0.0803. The number of amides is 1. The van der Waals surface area contributed by atoms with Crippen molar-refractivity contribution in [1.29, 1.82) is 0 Å². The molecule has 0 bridgehead atoms. The average Bonchev–Trinajstić information content (AvgIpc) is 2.48. The number of carbonyl (C=O) groups is 1. The van der Waals surface area contributed by atoms with Crippen molar-refractivity contribution in [3.05, 3.63) is 64.7 Å². The highest BCUT2D eigenvalue weighted by Crippen LogP contribution is 2.24. The molecule has 0 saturated carbocycles. The Morgan fingerprint density at radius 3 is 2.45 bits per heavy atom. The van der Waals surface area contributed by atoms with Crippen molar-refractivity contribution in [2.75, 3.05) is 12.8 Å². The number of hydrogen-bond donors (Lipinski definition) is 1. The summed E-state index contributed by atoms with van der Waals surface area (Å²) in [5.41, 5.74) is 7.76. The number of nitrogen functional groups attached to an aromatic ring is 1. The predicted octanol–water partition coefficient (Wildman–Crippen LogP) is 3.76. The van der Waals surface area contributed by atoms with Crippen molar-refractivity contribution in [2.45, 2.75) is 13.0 Å². The number of rotatable bonds is 3. The van der Waals surface area contributed by atoms with E-state index in [9.17, 15) is 4.79 Å². The molecule has 20 heavy (non-hydrogen) atoms. The molecule has 1 atom stereocenters. The Balaban J connectivity index is 2.22. The lowest BCUT2D eigenvalue weighted by Gasteiger charge is -2.25.